The summed E-state index contributed by atoms with van der Waals surface area (Å²) in [6, 6.07) is 15.0. The van der Waals surface area contributed by atoms with E-state index in [0.717, 1.165) is 11.1 Å². The van der Waals surface area contributed by atoms with Crippen molar-refractivity contribution in [2.75, 3.05) is 24.8 Å². The number of thioether (sulfide) groups is 1. The number of hydrogen-bond donors (Lipinski definition) is 1. The molecule has 0 aliphatic rings. The second kappa shape index (κ2) is 9.87. The second-order valence-electron chi connectivity index (χ2n) is 5.60. The smallest absolute Gasteiger partial charge is 0.315 e. The molecule has 0 spiro atoms. The largest absolute Gasteiger partial charge is 0.495 e. The molecule has 1 N–H and O–H groups in total. The van der Waals surface area contributed by atoms with Crippen molar-refractivity contribution in [3.05, 3.63) is 59.7 Å². The van der Waals surface area contributed by atoms with E-state index < -0.39 is 5.25 Å². The lowest BCUT2D eigenvalue weighted by Gasteiger charge is -2.18. The molecule has 6 heteroatoms. The van der Waals surface area contributed by atoms with Crippen LogP contribution >= 0.6 is 11.8 Å². The van der Waals surface area contributed by atoms with Gasteiger partial charge in [-0.05, 0) is 37.1 Å². The van der Waals surface area contributed by atoms with E-state index in [0.29, 0.717) is 18.0 Å². The topological polar surface area (TPSA) is 64.6 Å². The van der Waals surface area contributed by atoms with Gasteiger partial charge in [0, 0.05) is 0 Å². The maximum Gasteiger partial charge on any atom is 0.315 e. The van der Waals surface area contributed by atoms with Crippen molar-refractivity contribution in [1.82, 2.24) is 0 Å². The Hall–Kier alpha value is -2.47. The Labute approximate surface area is 158 Å². The van der Waals surface area contributed by atoms with E-state index in [1.165, 1.54) is 11.8 Å². The van der Waals surface area contributed by atoms with Crippen molar-refractivity contribution in [2.45, 2.75) is 19.1 Å². The monoisotopic (exact) mass is 373 g/mol. The van der Waals surface area contributed by atoms with Gasteiger partial charge in [0.1, 0.15) is 11.0 Å². The van der Waals surface area contributed by atoms with E-state index in [1.54, 1.807) is 14.0 Å². The van der Waals surface area contributed by atoms with Crippen LogP contribution < -0.4 is 10.1 Å². The minimum Gasteiger partial charge on any atom is -0.495 e. The molecule has 5 nitrogen and oxygen atoms in total. The van der Waals surface area contributed by atoms with Crippen molar-refractivity contribution in [1.29, 1.82) is 0 Å². The van der Waals surface area contributed by atoms with Gasteiger partial charge < -0.3 is 14.8 Å². The average molecular weight is 373 g/mol. The molecule has 0 aliphatic carbocycles. The molecule has 2 aromatic carbocycles. The van der Waals surface area contributed by atoms with Crippen LogP contribution in [0.4, 0.5) is 5.69 Å². The lowest BCUT2D eigenvalue weighted by atomic mass is 10.1. The highest BCUT2D eigenvalue weighted by atomic mass is 32.2. The molecular formula is C20H23NO4S. The van der Waals surface area contributed by atoms with Crippen molar-refractivity contribution in [3.8, 4) is 5.75 Å². The number of anilines is 1. The van der Waals surface area contributed by atoms with Crippen molar-refractivity contribution in [3.63, 3.8) is 0 Å². The number of nitrogens with one attached hydrogen (secondary N) is 1. The summed E-state index contributed by atoms with van der Waals surface area (Å²) in [4.78, 5) is 24.6. The van der Waals surface area contributed by atoms with E-state index in [2.05, 4.69) is 5.32 Å². The molecule has 2 rings (SSSR count). The fourth-order valence-electron chi connectivity index (χ4n) is 2.42. The lowest BCUT2D eigenvalue weighted by molar-refractivity contribution is -0.139. The Bertz CT molecular complexity index is 749. The minimum absolute atomic E-state index is 0.103. The molecule has 1 unspecified atom stereocenters. The fraction of sp³-hybridized carbons (Fsp3) is 0.300. The van der Waals surface area contributed by atoms with Gasteiger partial charge in [-0.3, -0.25) is 9.59 Å². The van der Waals surface area contributed by atoms with Gasteiger partial charge in [0.05, 0.1) is 25.2 Å². The molecule has 2 aromatic rings. The number of carbonyl (C=O) groups is 2. The second-order valence-corrected chi connectivity index (χ2v) is 6.69. The average Bonchev–Trinajstić information content (AvgIpc) is 2.63. The Balaban J connectivity index is 2.20. The molecule has 0 radical (unpaired) electrons. The third-order valence-electron chi connectivity index (χ3n) is 3.63. The molecule has 138 valence electrons. The van der Waals surface area contributed by atoms with Crippen molar-refractivity contribution in [2.24, 2.45) is 0 Å². The van der Waals surface area contributed by atoms with Gasteiger partial charge in [0.2, 0.25) is 5.91 Å². The van der Waals surface area contributed by atoms with Crippen LogP contribution in [0.15, 0.2) is 48.5 Å². The number of benzene rings is 2. The zero-order valence-electron chi connectivity index (χ0n) is 15.2. The van der Waals surface area contributed by atoms with Crippen LogP contribution in [0.5, 0.6) is 5.75 Å². The first-order valence-electron chi connectivity index (χ1n) is 8.32. The summed E-state index contributed by atoms with van der Waals surface area (Å²) in [6.07, 6.45) is 0. The summed E-state index contributed by atoms with van der Waals surface area (Å²) in [5.74, 6) is 0.145. The Morgan fingerprint density at radius 1 is 1.15 bits per heavy atom. The number of esters is 1. The standard InChI is InChI=1S/C20H23NO4S/c1-4-25-18(22)13-26-19(15-8-6-5-7-9-15)20(23)21-16-12-14(2)10-11-17(16)24-3/h5-12,19H,4,13H2,1-3H3,(H,21,23). The zero-order valence-corrected chi connectivity index (χ0v) is 16.0. The van der Waals surface area contributed by atoms with Gasteiger partial charge >= 0.3 is 5.97 Å². The van der Waals surface area contributed by atoms with Crippen LogP contribution in [-0.2, 0) is 14.3 Å². The van der Waals surface area contributed by atoms with E-state index >= 15 is 0 Å². The first kappa shape index (κ1) is 19.8. The van der Waals surface area contributed by atoms with Crippen LogP contribution in [0.2, 0.25) is 0 Å². The van der Waals surface area contributed by atoms with Gasteiger partial charge in [-0.1, -0.05) is 36.4 Å². The number of ether oxygens (including phenoxy) is 2. The van der Waals surface area contributed by atoms with Crippen LogP contribution in [-0.4, -0.2) is 31.3 Å². The number of methoxy groups -OCH3 is 1. The lowest BCUT2D eigenvalue weighted by Crippen LogP contribution is -2.21. The number of aryl methyl sites for hydroxylation is 1. The third-order valence-corrected chi connectivity index (χ3v) is 4.85. The molecule has 0 saturated heterocycles. The Morgan fingerprint density at radius 3 is 2.54 bits per heavy atom. The number of carbonyl (C=O) groups excluding carboxylic acids is 2. The summed E-state index contributed by atoms with van der Waals surface area (Å²) >= 11 is 1.24. The molecule has 0 aliphatic heterocycles. The molecule has 0 aromatic heterocycles. The molecule has 1 amide bonds. The summed E-state index contributed by atoms with van der Waals surface area (Å²) in [5, 5.41) is 2.38. The van der Waals surface area contributed by atoms with E-state index in [1.807, 2.05) is 55.5 Å². The van der Waals surface area contributed by atoms with Crippen LogP contribution in [0.1, 0.15) is 23.3 Å². The number of rotatable bonds is 8. The Morgan fingerprint density at radius 2 is 1.88 bits per heavy atom. The first-order chi connectivity index (χ1) is 12.5. The molecule has 0 heterocycles. The van der Waals surface area contributed by atoms with Gasteiger partial charge in [-0.2, -0.15) is 0 Å². The molecular weight excluding hydrogens is 350 g/mol. The first-order valence-corrected chi connectivity index (χ1v) is 9.37. The van der Waals surface area contributed by atoms with Gasteiger partial charge in [0.25, 0.3) is 0 Å². The van der Waals surface area contributed by atoms with Crippen LogP contribution in [0, 0.1) is 6.92 Å². The zero-order chi connectivity index (χ0) is 18.9. The number of hydrogen-bond acceptors (Lipinski definition) is 5. The fourth-order valence-corrected chi connectivity index (χ4v) is 3.37. The van der Waals surface area contributed by atoms with Gasteiger partial charge in [-0.15, -0.1) is 11.8 Å². The molecule has 1 atom stereocenters. The SMILES string of the molecule is CCOC(=O)CSC(C(=O)Nc1cc(C)ccc1OC)c1ccccc1. The summed E-state index contributed by atoms with van der Waals surface area (Å²) < 4.78 is 10.3. The predicted octanol–water partition coefficient (Wildman–Crippen LogP) is 3.98. The van der Waals surface area contributed by atoms with E-state index in [4.69, 9.17) is 9.47 Å². The quantitative estimate of drug-likeness (QED) is 0.709. The minimum atomic E-state index is -0.536. The Kier molecular flexibility index (Phi) is 7.53. The normalized spacial score (nSPS) is 11.5. The highest BCUT2D eigenvalue weighted by molar-refractivity contribution is 8.00. The van der Waals surface area contributed by atoms with Crippen molar-refractivity contribution < 1.29 is 19.1 Å². The highest BCUT2D eigenvalue weighted by Gasteiger charge is 2.23. The summed E-state index contributed by atoms with van der Waals surface area (Å²) in [5.41, 5.74) is 2.44. The van der Waals surface area contributed by atoms with Crippen LogP contribution in [0.25, 0.3) is 0 Å². The maximum atomic E-state index is 12.9. The molecule has 26 heavy (non-hydrogen) atoms. The van der Waals surface area contributed by atoms with Crippen LogP contribution in [0.3, 0.4) is 0 Å². The molecule has 0 saturated carbocycles. The number of amides is 1. The van der Waals surface area contributed by atoms with E-state index in [9.17, 15) is 9.59 Å². The third kappa shape index (κ3) is 5.52. The summed E-state index contributed by atoms with van der Waals surface area (Å²) in [7, 11) is 1.56. The molecule has 0 bridgehead atoms. The van der Waals surface area contributed by atoms with Gasteiger partial charge in [0.15, 0.2) is 0 Å². The molecule has 0 fully saturated rings. The maximum absolute atomic E-state index is 12.9. The van der Waals surface area contributed by atoms with Crippen molar-refractivity contribution >= 4 is 29.3 Å². The summed E-state index contributed by atoms with van der Waals surface area (Å²) in [6.45, 7) is 4.02. The van der Waals surface area contributed by atoms with Gasteiger partial charge in [-0.25, -0.2) is 0 Å². The predicted molar refractivity (Wildman–Crippen MR) is 105 cm³/mol. The highest BCUT2D eigenvalue weighted by Crippen LogP contribution is 2.32. The van der Waals surface area contributed by atoms with E-state index in [-0.39, 0.29) is 17.6 Å².